The predicted octanol–water partition coefficient (Wildman–Crippen LogP) is 4.99. The van der Waals surface area contributed by atoms with E-state index in [9.17, 15) is 4.79 Å². The minimum atomic E-state index is -0.0888. The van der Waals surface area contributed by atoms with Crippen molar-refractivity contribution in [3.8, 4) is 22.3 Å². The molecular weight excluding hydrogens is 434 g/mol. The summed E-state index contributed by atoms with van der Waals surface area (Å²) in [7, 11) is 0. The number of carbonyl (C=O) groups is 1. The maximum absolute atomic E-state index is 12.9. The Morgan fingerprint density at radius 1 is 1.21 bits per heavy atom. The molecule has 4 aromatic rings. The van der Waals surface area contributed by atoms with Gasteiger partial charge in [-0.3, -0.25) is 9.69 Å². The Morgan fingerprint density at radius 2 is 2.09 bits per heavy atom. The molecule has 4 heterocycles. The number of likely N-dealkylation sites (tertiary alicyclic amines) is 1. The molecule has 0 aliphatic carbocycles. The van der Waals surface area contributed by atoms with E-state index >= 15 is 0 Å². The number of nitrogens with zero attached hydrogens (tertiary/aromatic N) is 4. The summed E-state index contributed by atoms with van der Waals surface area (Å²) >= 11 is 1.49. The molecule has 1 saturated heterocycles. The highest BCUT2D eigenvalue weighted by Crippen LogP contribution is 2.28. The quantitative estimate of drug-likeness (QED) is 0.437. The predicted molar refractivity (Wildman–Crippen MR) is 129 cm³/mol. The Bertz CT molecular complexity index is 1220. The van der Waals surface area contributed by atoms with Crippen LogP contribution in [-0.4, -0.2) is 45.4 Å². The Balaban J connectivity index is 1.32. The van der Waals surface area contributed by atoms with E-state index in [4.69, 9.17) is 4.42 Å². The molecule has 1 atom stereocenters. The van der Waals surface area contributed by atoms with Crippen molar-refractivity contribution in [1.29, 1.82) is 0 Å². The van der Waals surface area contributed by atoms with Gasteiger partial charge in [0, 0.05) is 24.2 Å². The van der Waals surface area contributed by atoms with Crippen molar-refractivity contribution in [1.82, 2.24) is 19.9 Å². The van der Waals surface area contributed by atoms with Crippen molar-refractivity contribution < 1.29 is 9.21 Å². The number of thiazole rings is 1. The van der Waals surface area contributed by atoms with Crippen LogP contribution in [0.3, 0.4) is 0 Å². The van der Waals surface area contributed by atoms with Crippen molar-refractivity contribution in [2.24, 2.45) is 0 Å². The number of carbonyl (C=O) groups excluding carboxylic acids is 1. The first-order valence-corrected chi connectivity index (χ1v) is 11.9. The molecule has 5 rings (SSSR count). The molecule has 0 saturated carbocycles. The van der Waals surface area contributed by atoms with Crippen LogP contribution in [0, 0.1) is 6.92 Å². The molecule has 1 amide bonds. The molecule has 0 spiro atoms. The highest BCUT2D eigenvalue weighted by molar-refractivity contribution is 7.13. The summed E-state index contributed by atoms with van der Waals surface area (Å²) in [6.45, 7) is 4.00. The minimum absolute atomic E-state index is 0.0888. The Labute approximate surface area is 196 Å². The molecule has 3 aromatic heterocycles. The molecule has 33 heavy (non-hydrogen) atoms. The van der Waals surface area contributed by atoms with Crippen molar-refractivity contribution in [3.05, 3.63) is 71.4 Å². The lowest BCUT2D eigenvalue weighted by Gasteiger charge is -2.32. The van der Waals surface area contributed by atoms with E-state index in [-0.39, 0.29) is 5.91 Å². The van der Waals surface area contributed by atoms with Gasteiger partial charge >= 0.3 is 0 Å². The van der Waals surface area contributed by atoms with Crippen LogP contribution in [0.1, 0.15) is 30.1 Å². The zero-order valence-corrected chi connectivity index (χ0v) is 19.2. The summed E-state index contributed by atoms with van der Waals surface area (Å²) in [6, 6.07) is 16.0. The van der Waals surface area contributed by atoms with E-state index in [2.05, 4.69) is 49.4 Å². The molecular formula is C25H25N5O2S. The Morgan fingerprint density at radius 3 is 2.85 bits per heavy atom. The molecule has 1 aromatic carbocycles. The van der Waals surface area contributed by atoms with Crippen LogP contribution < -0.4 is 5.32 Å². The van der Waals surface area contributed by atoms with E-state index < -0.39 is 0 Å². The number of nitrogens with one attached hydrogen (secondary N) is 1. The molecule has 1 aliphatic rings. The maximum Gasteiger partial charge on any atom is 0.239 e. The van der Waals surface area contributed by atoms with Crippen LogP contribution >= 0.6 is 11.3 Å². The number of aromatic nitrogens is 3. The van der Waals surface area contributed by atoms with E-state index in [0.29, 0.717) is 35.6 Å². The first-order valence-electron chi connectivity index (χ1n) is 11.1. The first kappa shape index (κ1) is 21.5. The fourth-order valence-corrected chi connectivity index (χ4v) is 4.82. The Kier molecular flexibility index (Phi) is 6.28. The minimum Gasteiger partial charge on any atom is -0.458 e. The number of rotatable bonds is 6. The molecule has 1 unspecified atom stereocenters. The van der Waals surface area contributed by atoms with Gasteiger partial charge in [0.15, 0.2) is 11.6 Å². The largest absolute Gasteiger partial charge is 0.458 e. The van der Waals surface area contributed by atoms with Gasteiger partial charge < -0.3 is 9.73 Å². The lowest BCUT2D eigenvalue weighted by molar-refractivity contribution is -0.117. The fourth-order valence-electron chi connectivity index (χ4n) is 4.22. The average molecular weight is 460 g/mol. The van der Waals surface area contributed by atoms with Crippen molar-refractivity contribution >= 4 is 23.1 Å². The second kappa shape index (κ2) is 9.64. The topological polar surface area (TPSA) is 84.2 Å². The monoisotopic (exact) mass is 459 g/mol. The third kappa shape index (κ3) is 5.18. The standard InChI is InChI=1S/C25H25N5O2S/c1-17-9-10-21(32-17)24-27-20(25-26-11-13-33-25)14-22(29-24)28-23(31)16-30-12-5-8-19(15-30)18-6-3-2-4-7-18/h2-4,6-7,9-11,13-14,19H,5,8,12,15-16H2,1H3,(H,27,28,29,31). The molecule has 1 aliphatic heterocycles. The van der Waals surface area contributed by atoms with Crippen LogP contribution in [0.2, 0.25) is 0 Å². The van der Waals surface area contributed by atoms with Crippen molar-refractivity contribution in [2.45, 2.75) is 25.7 Å². The molecule has 1 fully saturated rings. The van der Waals surface area contributed by atoms with Gasteiger partial charge in [-0.25, -0.2) is 15.0 Å². The van der Waals surface area contributed by atoms with Crippen LogP contribution in [0.5, 0.6) is 0 Å². The molecule has 7 nitrogen and oxygen atoms in total. The van der Waals surface area contributed by atoms with Crippen LogP contribution in [0.15, 0.2) is 64.5 Å². The third-order valence-corrected chi connectivity index (χ3v) is 6.55. The van der Waals surface area contributed by atoms with Gasteiger partial charge in [-0.1, -0.05) is 30.3 Å². The normalized spacial score (nSPS) is 16.6. The average Bonchev–Trinajstić information content (AvgIpc) is 3.52. The highest BCUT2D eigenvalue weighted by atomic mass is 32.1. The van der Waals surface area contributed by atoms with Crippen LogP contribution in [0.25, 0.3) is 22.3 Å². The first-order chi connectivity index (χ1) is 16.1. The van der Waals surface area contributed by atoms with E-state index in [1.807, 2.05) is 30.5 Å². The van der Waals surface area contributed by atoms with E-state index in [1.165, 1.54) is 16.9 Å². The number of piperidine rings is 1. The van der Waals surface area contributed by atoms with Gasteiger partial charge in [-0.05, 0) is 49.9 Å². The summed E-state index contributed by atoms with van der Waals surface area (Å²) < 4.78 is 5.71. The number of benzene rings is 1. The third-order valence-electron chi connectivity index (χ3n) is 5.75. The van der Waals surface area contributed by atoms with Gasteiger partial charge in [-0.15, -0.1) is 11.3 Å². The summed E-state index contributed by atoms with van der Waals surface area (Å²) in [5, 5.41) is 5.62. The van der Waals surface area contributed by atoms with E-state index in [0.717, 1.165) is 36.7 Å². The van der Waals surface area contributed by atoms with Gasteiger partial charge in [0.1, 0.15) is 22.3 Å². The number of hydrogen-bond acceptors (Lipinski definition) is 7. The smallest absolute Gasteiger partial charge is 0.239 e. The molecule has 168 valence electrons. The zero-order chi connectivity index (χ0) is 22.6. The number of anilines is 1. The lowest BCUT2D eigenvalue weighted by Crippen LogP contribution is -2.39. The highest BCUT2D eigenvalue weighted by Gasteiger charge is 2.23. The van der Waals surface area contributed by atoms with Gasteiger partial charge in [0.05, 0.1) is 6.54 Å². The lowest BCUT2D eigenvalue weighted by atomic mass is 9.91. The number of aryl methyl sites for hydroxylation is 1. The van der Waals surface area contributed by atoms with E-state index in [1.54, 1.807) is 12.3 Å². The maximum atomic E-state index is 12.9. The SMILES string of the molecule is Cc1ccc(-c2nc(NC(=O)CN3CCCC(c4ccccc4)C3)cc(-c3nccs3)n2)o1. The van der Waals surface area contributed by atoms with Gasteiger partial charge in [0.2, 0.25) is 5.91 Å². The zero-order valence-electron chi connectivity index (χ0n) is 18.4. The molecule has 0 radical (unpaired) electrons. The van der Waals surface area contributed by atoms with Gasteiger partial charge in [0.25, 0.3) is 0 Å². The van der Waals surface area contributed by atoms with Crippen molar-refractivity contribution in [2.75, 3.05) is 25.0 Å². The molecule has 1 N–H and O–H groups in total. The van der Waals surface area contributed by atoms with Crippen molar-refractivity contribution in [3.63, 3.8) is 0 Å². The number of hydrogen-bond donors (Lipinski definition) is 1. The second-order valence-electron chi connectivity index (χ2n) is 8.24. The fraction of sp³-hybridized carbons (Fsp3) is 0.280. The second-order valence-corrected chi connectivity index (χ2v) is 9.14. The summed E-state index contributed by atoms with van der Waals surface area (Å²) in [5.74, 6) is 2.57. The molecule has 0 bridgehead atoms. The number of furan rings is 1. The van der Waals surface area contributed by atoms with Crippen LogP contribution in [-0.2, 0) is 4.79 Å². The molecule has 8 heteroatoms. The van der Waals surface area contributed by atoms with Crippen LogP contribution in [0.4, 0.5) is 5.82 Å². The Hall–Kier alpha value is -3.36. The summed E-state index contributed by atoms with van der Waals surface area (Å²) in [5.41, 5.74) is 1.99. The number of amides is 1. The van der Waals surface area contributed by atoms with Gasteiger partial charge in [-0.2, -0.15) is 0 Å². The summed E-state index contributed by atoms with van der Waals surface area (Å²) in [6.07, 6.45) is 3.96. The summed E-state index contributed by atoms with van der Waals surface area (Å²) in [4.78, 5) is 28.6.